The van der Waals surface area contributed by atoms with Gasteiger partial charge in [0.15, 0.2) is 11.6 Å². The zero-order valence-corrected chi connectivity index (χ0v) is 12.1. The molecule has 1 fully saturated rings. The minimum atomic E-state index is 0.715. The van der Waals surface area contributed by atoms with Crippen molar-refractivity contribution in [3.05, 3.63) is 18.3 Å². The van der Waals surface area contributed by atoms with Gasteiger partial charge >= 0.3 is 0 Å². The van der Waals surface area contributed by atoms with Gasteiger partial charge in [0.05, 0.1) is 7.11 Å². The van der Waals surface area contributed by atoms with Gasteiger partial charge in [-0.05, 0) is 50.4 Å². The van der Waals surface area contributed by atoms with Crippen molar-refractivity contribution in [2.45, 2.75) is 26.2 Å². The number of anilines is 1. The molecule has 0 aromatic carbocycles. The van der Waals surface area contributed by atoms with Crippen LogP contribution in [0.1, 0.15) is 26.2 Å². The molecule has 1 N–H and O–H groups in total. The number of rotatable bonds is 6. The molecule has 2 rings (SSSR count). The number of ether oxygens (including phenoxy) is 1. The highest BCUT2D eigenvalue weighted by atomic mass is 16.5. The lowest BCUT2D eigenvalue weighted by molar-refractivity contribution is 0.380. The Bertz CT molecular complexity index is 383. The van der Waals surface area contributed by atoms with Crippen LogP contribution in [-0.4, -0.2) is 38.3 Å². The minimum Gasteiger partial charge on any atom is -0.493 e. The van der Waals surface area contributed by atoms with Gasteiger partial charge in [-0.1, -0.05) is 6.92 Å². The molecule has 1 atom stereocenters. The number of nitrogens with zero attached hydrogens (tertiary/aromatic N) is 2. The predicted molar refractivity (Wildman–Crippen MR) is 78.9 cm³/mol. The summed E-state index contributed by atoms with van der Waals surface area (Å²) < 4.78 is 5.41. The number of hydrogen-bond donors (Lipinski definition) is 1. The van der Waals surface area contributed by atoms with Crippen LogP contribution in [0.5, 0.6) is 5.75 Å². The number of methoxy groups -OCH3 is 1. The molecule has 0 amide bonds. The summed E-state index contributed by atoms with van der Waals surface area (Å²) in [6.45, 7) is 6.59. The standard InChI is InChI=1S/C15H25N3O/c1-3-8-16-11-13-6-5-10-18(12-13)15-14(19-2)7-4-9-17-15/h4,7,9,13,16H,3,5-6,8,10-12H2,1-2H3. The van der Waals surface area contributed by atoms with Crippen molar-refractivity contribution in [3.63, 3.8) is 0 Å². The lowest BCUT2D eigenvalue weighted by Crippen LogP contribution is -2.40. The highest BCUT2D eigenvalue weighted by Crippen LogP contribution is 2.28. The van der Waals surface area contributed by atoms with Crippen molar-refractivity contribution in [3.8, 4) is 5.75 Å². The Balaban J connectivity index is 1.96. The second-order valence-corrected chi connectivity index (χ2v) is 5.19. The smallest absolute Gasteiger partial charge is 0.171 e. The monoisotopic (exact) mass is 263 g/mol. The van der Waals surface area contributed by atoms with E-state index in [-0.39, 0.29) is 0 Å². The predicted octanol–water partition coefficient (Wildman–Crippen LogP) is 2.31. The Morgan fingerprint density at radius 2 is 2.42 bits per heavy atom. The lowest BCUT2D eigenvalue weighted by atomic mass is 9.98. The topological polar surface area (TPSA) is 37.4 Å². The molecule has 0 aliphatic carbocycles. The van der Waals surface area contributed by atoms with Crippen LogP contribution in [0.4, 0.5) is 5.82 Å². The summed E-state index contributed by atoms with van der Waals surface area (Å²) in [6.07, 6.45) is 5.59. The molecule has 1 aliphatic heterocycles. The third-order valence-electron chi connectivity index (χ3n) is 3.65. The first-order valence-electron chi connectivity index (χ1n) is 7.29. The van der Waals surface area contributed by atoms with E-state index in [0.717, 1.165) is 37.7 Å². The van der Waals surface area contributed by atoms with Gasteiger partial charge in [0.2, 0.25) is 0 Å². The Morgan fingerprint density at radius 3 is 3.21 bits per heavy atom. The van der Waals surface area contributed by atoms with Crippen LogP contribution in [0.25, 0.3) is 0 Å². The van der Waals surface area contributed by atoms with Gasteiger partial charge in [-0.3, -0.25) is 0 Å². The summed E-state index contributed by atoms with van der Waals surface area (Å²) in [4.78, 5) is 6.85. The number of nitrogens with one attached hydrogen (secondary N) is 1. The van der Waals surface area contributed by atoms with Crippen molar-refractivity contribution in [1.29, 1.82) is 0 Å². The van der Waals surface area contributed by atoms with Crippen molar-refractivity contribution >= 4 is 5.82 Å². The number of pyridine rings is 1. The summed E-state index contributed by atoms with van der Waals surface area (Å²) in [5, 5.41) is 3.53. The van der Waals surface area contributed by atoms with Crippen LogP contribution in [0.15, 0.2) is 18.3 Å². The molecule has 19 heavy (non-hydrogen) atoms. The normalized spacial score (nSPS) is 19.5. The Kier molecular flexibility index (Phi) is 5.45. The van der Waals surface area contributed by atoms with E-state index >= 15 is 0 Å². The first-order valence-corrected chi connectivity index (χ1v) is 7.29. The quantitative estimate of drug-likeness (QED) is 0.799. The van der Waals surface area contributed by atoms with Gasteiger partial charge < -0.3 is 15.0 Å². The molecule has 1 saturated heterocycles. The molecule has 0 bridgehead atoms. The Labute approximate surface area is 116 Å². The van der Waals surface area contributed by atoms with Crippen LogP contribution in [0.2, 0.25) is 0 Å². The maximum atomic E-state index is 5.41. The zero-order valence-electron chi connectivity index (χ0n) is 12.1. The van der Waals surface area contributed by atoms with Crippen LogP contribution in [0, 0.1) is 5.92 Å². The molecule has 0 radical (unpaired) electrons. The van der Waals surface area contributed by atoms with E-state index in [1.807, 2.05) is 18.3 Å². The van der Waals surface area contributed by atoms with E-state index in [1.165, 1.54) is 19.3 Å². The van der Waals surface area contributed by atoms with Crippen molar-refractivity contribution < 1.29 is 4.74 Å². The second-order valence-electron chi connectivity index (χ2n) is 5.19. The minimum absolute atomic E-state index is 0.715. The molecular formula is C15H25N3O. The van der Waals surface area contributed by atoms with Crippen molar-refractivity contribution in [2.75, 3.05) is 38.2 Å². The largest absolute Gasteiger partial charge is 0.493 e. The van der Waals surface area contributed by atoms with Gasteiger partial charge in [0.25, 0.3) is 0 Å². The average Bonchev–Trinajstić information content (AvgIpc) is 2.48. The van der Waals surface area contributed by atoms with E-state index in [1.54, 1.807) is 7.11 Å². The maximum absolute atomic E-state index is 5.41. The van der Waals surface area contributed by atoms with Gasteiger partial charge in [-0.15, -0.1) is 0 Å². The number of aromatic nitrogens is 1. The number of piperidine rings is 1. The molecule has 4 heteroatoms. The Morgan fingerprint density at radius 1 is 1.53 bits per heavy atom. The zero-order chi connectivity index (χ0) is 13.5. The molecule has 106 valence electrons. The third kappa shape index (κ3) is 3.83. The summed E-state index contributed by atoms with van der Waals surface area (Å²) in [5.74, 6) is 2.59. The highest BCUT2D eigenvalue weighted by Gasteiger charge is 2.22. The van der Waals surface area contributed by atoms with Crippen LogP contribution in [0.3, 0.4) is 0 Å². The van der Waals surface area contributed by atoms with Gasteiger partial charge in [-0.25, -0.2) is 4.98 Å². The summed E-state index contributed by atoms with van der Waals surface area (Å²) in [6, 6.07) is 3.91. The van der Waals surface area contributed by atoms with E-state index in [9.17, 15) is 0 Å². The summed E-state index contributed by atoms with van der Waals surface area (Å²) in [7, 11) is 1.71. The molecular weight excluding hydrogens is 238 g/mol. The first kappa shape index (κ1) is 14.1. The molecule has 0 spiro atoms. The lowest BCUT2D eigenvalue weighted by Gasteiger charge is -2.34. The average molecular weight is 263 g/mol. The third-order valence-corrected chi connectivity index (χ3v) is 3.65. The summed E-state index contributed by atoms with van der Waals surface area (Å²) in [5.41, 5.74) is 0. The maximum Gasteiger partial charge on any atom is 0.171 e. The fraction of sp³-hybridized carbons (Fsp3) is 0.667. The molecule has 2 heterocycles. The molecule has 4 nitrogen and oxygen atoms in total. The second kappa shape index (κ2) is 7.34. The van der Waals surface area contributed by atoms with E-state index in [0.29, 0.717) is 5.92 Å². The van der Waals surface area contributed by atoms with E-state index < -0.39 is 0 Å². The fourth-order valence-electron chi connectivity index (χ4n) is 2.69. The van der Waals surface area contributed by atoms with E-state index in [4.69, 9.17) is 4.74 Å². The van der Waals surface area contributed by atoms with Gasteiger partial charge in [0, 0.05) is 19.3 Å². The van der Waals surface area contributed by atoms with Crippen LogP contribution in [-0.2, 0) is 0 Å². The van der Waals surface area contributed by atoms with Gasteiger partial charge in [-0.2, -0.15) is 0 Å². The van der Waals surface area contributed by atoms with Crippen LogP contribution >= 0.6 is 0 Å². The Hall–Kier alpha value is -1.29. The molecule has 1 aliphatic rings. The van der Waals surface area contributed by atoms with E-state index in [2.05, 4.69) is 22.1 Å². The van der Waals surface area contributed by atoms with Crippen molar-refractivity contribution in [1.82, 2.24) is 10.3 Å². The summed E-state index contributed by atoms with van der Waals surface area (Å²) >= 11 is 0. The first-order chi connectivity index (χ1) is 9.35. The van der Waals surface area contributed by atoms with Gasteiger partial charge in [0.1, 0.15) is 0 Å². The highest BCUT2D eigenvalue weighted by molar-refractivity contribution is 5.52. The fourth-order valence-corrected chi connectivity index (χ4v) is 2.69. The molecule has 1 unspecified atom stereocenters. The van der Waals surface area contributed by atoms with Crippen molar-refractivity contribution in [2.24, 2.45) is 5.92 Å². The number of hydrogen-bond acceptors (Lipinski definition) is 4. The SMILES string of the molecule is CCCNCC1CCCN(c2ncccc2OC)C1. The molecule has 1 aromatic heterocycles. The molecule has 1 aromatic rings. The van der Waals surface area contributed by atoms with Crippen LogP contribution < -0.4 is 15.0 Å². The molecule has 0 saturated carbocycles.